The van der Waals surface area contributed by atoms with Crippen LogP contribution in [0.5, 0.6) is 0 Å². The third kappa shape index (κ3) is 3.79. The molecule has 0 aliphatic carbocycles. The molecule has 6 heteroatoms. The first-order valence-electron chi connectivity index (χ1n) is 5.75. The number of urea groups is 1. The predicted molar refractivity (Wildman–Crippen MR) is 85.3 cm³/mol. The number of anilines is 2. The maximum absolute atomic E-state index is 11.8. The van der Waals surface area contributed by atoms with Gasteiger partial charge in [-0.2, -0.15) is 0 Å². The molecule has 104 valence electrons. The molecule has 0 spiro atoms. The number of aryl methyl sites for hydroxylation is 1. The van der Waals surface area contributed by atoms with Gasteiger partial charge in [-0.25, -0.2) is 4.79 Å². The number of hydrogen-bond acceptors (Lipinski definition) is 1. The van der Waals surface area contributed by atoms with Gasteiger partial charge < -0.3 is 10.6 Å². The maximum Gasteiger partial charge on any atom is 0.323 e. The number of carbonyl (C=O) groups is 1. The van der Waals surface area contributed by atoms with Crippen LogP contribution >= 0.6 is 34.8 Å². The van der Waals surface area contributed by atoms with E-state index in [1.807, 2.05) is 6.92 Å². The smallest absolute Gasteiger partial charge is 0.308 e. The molecule has 0 saturated heterocycles. The Labute approximate surface area is 131 Å². The van der Waals surface area contributed by atoms with Crippen molar-refractivity contribution in [3.63, 3.8) is 0 Å². The Morgan fingerprint density at radius 2 is 1.40 bits per heavy atom. The van der Waals surface area contributed by atoms with E-state index in [9.17, 15) is 4.79 Å². The zero-order valence-electron chi connectivity index (χ0n) is 10.5. The summed E-state index contributed by atoms with van der Waals surface area (Å²) in [5.74, 6) is 0. The molecule has 0 aliphatic rings. The molecule has 0 heterocycles. The van der Waals surface area contributed by atoms with Crippen molar-refractivity contribution in [1.82, 2.24) is 0 Å². The van der Waals surface area contributed by atoms with Gasteiger partial charge in [-0.3, -0.25) is 0 Å². The summed E-state index contributed by atoms with van der Waals surface area (Å²) >= 11 is 17.6. The fourth-order valence-corrected chi connectivity index (χ4v) is 2.01. The number of rotatable bonds is 2. The minimum Gasteiger partial charge on any atom is -0.308 e. The Morgan fingerprint density at radius 1 is 0.850 bits per heavy atom. The van der Waals surface area contributed by atoms with Crippen molar-refractivity contribution in [2.24, 2.45) is 0 Å². The van der Waals surface area contributed by atoms with Crippen molar-refractivity contribution in [3.8, 4) is 0 Å². The van der Waals surface area contributed by atoms with Crippen LogP contribution < -0.4 is 10.6 Å². The van der Waals surface area contributed by atoms with Crippen molar-refractivity contribution in [2.45, 2.75) is 6.92 Å². The fourth-order valence-electron chi connectivity index (χ4n) is 1.59. The van der Waals surface area contributed by atoms with E-state index in [2.05, 4.69) is 10.6 Å². The minimum atomic E-state index is -0.370. The molecule has 0 fully saturated rings. The van der Waals surface area contributed by atoms with Crippen molar-refractivity contribution in [3.05, 3.63) is 57.0 Å². The molecule has 0 saturated carbocycles. The Morgan fingerprint density at radius 3 is 1.95 bits per heavy atom. The number of nitrogens with one attached hydrogen (secondary N) is 2. The quantitative estimate of drug-likeness (QED) is 0.740. The van der Waals surface area contributed by atoms with Crippen LogP contribution in [-0.2, 0) is 0 Å². The summed E-state index contributed by atoms with van der Waals surface area (Å²) in [5, 5.41) is 6.84. The van der Waals surface area contributed by atoms with E-state index in [1.165, 1.54) is 0 Å². The molecule has 2 N–H and O–H groups in total. The Kier molecular flexibility index (Phi) is 4.76. The van der Waals surface area contributed by atoms with E-state index in [1.54, 1.807) is 36.4 Å². The standard InChI is InChI=1S/C14H11Cl3N2O/c1-8-6-9(2-4-11(8)15)18-14(20)19-10-3-5-12(16)13(17)7-10/h2-7H,1H3,(H2,18,19,20). The van der Waals surface area contributed by atoms with Crippen molar-refractivity contribution < 1.29 is 4.79 Å². The second-order valence-corrected chi connectivity index (χ2v) is 5.39. The molecule has 3 nitrogen and oxygen atoms in total. The van der Waals surface area contributed by atoms with E-state index in [0.717, 1.165) is 5.56 Å². The summed E-state index contributed by atoms with van der Waals surface area (Å²) < 4.78 is 0. The summed E-state index contributed by atoms with van der Waals surface area (Å²) in [7, 11) is 0. The summed E-state index contributed by atoms with van der Waals surface area (Å²) in [6.45, 7) is 1.87. The van der Waals surface area contributed by atoms with Gasteiger partial charge in [0.1, 0.15) is 0 Å². The van der Waals surface area contributed by atoms with Gasteiger partial charge in [-0.1, -0.05) is 34.8 Å². The molecule has 0 bridgehead atoms. The van der Waals surface area contributed by atoms with E-state index >= 15 is 0 Å². The number of amides is 2. The molecular weight excluding hydrogens is 319 g/mol. The normalized spacial score (nSPS) is 10.2. The molecule has 0 atom stereocenters. The van der Waals surface area contributed by atoms with E-state index in [0.29, 0.717) is 26.4 Å². The summed E-state index contributed by atoms with van der Waals surface area (Å²) in [6.07, 6.45) is 0. The van der Waals surface area contributed by atoms with Crippen LogP contribution in [0.15, 0.2) is 36.4 Å². The molecule has 2 aromatic carbocycles. The lowest BCUT2D eigenvalue weighted by atomic mass is 10.2. The van der Waals surface area contributed by atoms with Gasteiger partial charge in [0.25, 0.3) is 0 Å². The number of carbonyl (C=O) groups excluding carboxylic acids is 1. The molecule has 0 aliphatic heterocycles. The largest absolute Gasteiger partial charge is 0.323 e. The minimum absolute atomic E-state index is 0.370. The lowest BCUT2D eigenvalue weighted by Gasteiger charge is -2.09. The monoisotopic (exact) mass is 328 g/mol. The highest BCUT2D eigenvalue weighted by Gasteiger charge is 2.05. The zero-order valence-corrected chi connectivity index (χ0v) is 12.8. The summed E-state index contributed by atoms with van der Waals surface area (Å²) in [4.78, 5) is 11.8. The Bertz CT molecular complexity index is 603. The van der Waals surface area contributed by atoms with Crippen LogP contribution in [0, 0.1) is 6.92 Å². The molecule has 2 amide bonds. The lowest BCUT2D eigenvalue weighted by molar-refractivity contribution is 0.262. The van der Waals surface area contributed by atoms with E-state index in [-0.39, 0.29) is 6.03 Å². The van der Waals surface area contributed by atoms with E-state index in [4.69, 9.17) is 34.8 Å². The first kappa shape index (κ1) is 15.0. The molecule has 0 aromatic heterocycles. The topological polar surface area (TPSA) is 41.1 Å². The van der Waals surface area contributed by atoms with Gasteiger partial charge in [0.2, 0.25) is 0 Å². The summed E-state index contributed by atoms with van der Waals surface area (Å²) in [5.41, 5.74) is 2.10. The second-order valence-electron chi connectivity index (χ2n) is 4.17. The van der Waals surface area contributed by atoms with Gasteiger partial charge >= 0.3 is 6.03 Å². The van der Waals surface area contributed by atoms with Crippen molar-refractivity contribution in [2.75, 3.05) is 10.6 Å². The van der Waals surface area contributed by atoms with E-state index < -0.39 is 0 Å². The highest BCUT2D eigenvalue weighted by molar-refractivity contribution is 6.42. The molecule has 20 heavy (non-hydrogen) atoms. The third-order valence-corrected chi connectivity index (χ3v) is 3.76. The SMILES string of the molecule is Cc1cc(NC(=O)Nc2ccc(Cl)c(Cl)c2)ccc1Cl. The van der Waals surface area contributed by atoms with Crippen LogP contribution in [0.4, 0.5) is 16.2 Å². The van der Waals surface area contributed by atoms with Gasteiger partial charge in [0, 0.05) is 16.4 Å². The first-order chi connectivity index (χ1) is 9.45. The Hall–Kier alpha value is -1.42. The predicted octanol–water partition coefficient (Wildman–Crippen LogP) is 5.60. The molecule has 2 aromatic rings. The van der Waals surface area contributed by atoms with Gasteiger partial charge in [0.05, 0.1) is 10.0 Å². The van der Waals surface area contributed by atoms with Crippen molar-refractivity contribution >= 4 is 52.2 Å². The van der Waals surface area contributed by atoms with Crippen LogP contribution in [0.2, 0.25) is 15.1 Å². The van der Waals surface area contributed by atoms with Crippen molar-refractivity contribution in [1.29, 1.82) is 0 Å². The molecule has 0 radical (unpaired) electrons. The molecular formula is C14H11Cl3N2O. The first-order valence-corrected chi connectivity index (χ1v) is 6.88. The Balaban J connectivity index is 2.04. The molecule has 0 unspecified atom stereocenters. The van der Waals surface area contributed by atoms with Gasteiger partial charge in [-0.15, -0.1) is 0 Å². The lowest BCUT2D eigenvalue weighted by Crippen LogP contribution is -2.19. The summed E-state index contributed by atoms with van der Waals surface area (Å²) in [6, 6.07) is 9.74. The average Bonchev–Trinajstić information content (AvgIpc) is 2.38. The third-order valence-electron chi connectivity index (χ3n) is 2.59. The van der Waals surface area contributed by atoms with Gasteiger partial charge in [-0.05, 0) is 48.9 Å². The molecule has 2 rings (SSSR count). The number of benzene rings is 2. The van der Waals surface area contributed by atoms with Crippen LogP contribution in [0.3, 0.4) is 0 Å². The average molecular weight is 330 g/mol. The highest BCUT2D eigenvalue weighted by atomic mass is 35.5. The maximum atomic E-state index is 11.8. The fraction of sp³-hybridized carbons (Fsp3) is 0.0714. The number of halogens is 3. The van der Waals surface area contributed by atoms with Crippen LogP contribution in [0.1, 0.15) is 5.56 Å². The number of hydrogen-bond donors (Lipinski definition) is 2. The zero-order chi connectivity index (χ0) is 14.7. The highest BCUT2D eigenvalue weighted by Crippen LogP contribution is 2.25. The van der Waals surface area contributed by atoms with Crippen LogP contribution in [-0.4, -0.2) is 6.03 Å². The van der Waals surface area contributed by atoms with Crippen LogP contribution in [0.25, 0.3) is 0 Å². The van der Waals surface area contributed by atoms with Gasteiger partial charge in [0.15, 0.2) is 0 Å². The second kappa shape index (κ2) is 6.35.